The Morgan fingerprint density at radius 2 is 2.27 bits per heavy atom. The van der Waals surface area contributed by atoms with E-state index < -0.39 is 0 Å². The molecule has 60 valence electrons. The topological polar surface area (TPSA) is 35.2 Å². The van der Waals surface area contributed by atoms with Gasteiger partial charge in [-0.15, -0.1) is 0 Å². The minimum absolute atomic E-state index is 0.649. The Balaban J connectivity index is 2.86. The summed E-state index contributed by atoms with van der Waals surface area (Å²) in [5, 5.41) is 0. The third-order valence-corrected chi connectivity index (χ3v) is 2.31. The van der Waals surface area contributed by atoms with Crippen LogP contribution in [-0.2, 0) is 11.3 Å². The van der Waals surface area contributed by atoms with Crippen LogP contribution in [0.5, 0.6) is 0 Å². The van der Waals surface area contributed by atoms with E-state index in [0.717, 1.165) is 14.8 Å². The van der Waals surface area contributed by atoms with Crippen molar-refractivity contribution < 1.29 is 4.74 Å². The molecule has 0 fully saturated rings. The van der Waals surface area contributed by atoms with Crippen molar-refractivity contribution in [3.63, 3.8) is 0 Å². The van der Waals surface area contributed by atoms with Crippen LogP contribution in [0, 0.1) is 3.57 Å². The molecule has 3 heteroatoms. The van der Waals surface area contributed by atoms with Crippen LogP contribution in [0.3, 0.4) is 0 Å². The van der Waals surface area contributed by atoms with Gasteiger partial charge in [0.1, 0.15) is 0 Å². The van der Waals surface area contributed by atoms with E-state index in [1.54, 1.807) is 7.11 Å². The SMILES string of the molecule is COCc1ccc(N)c(I)c1. The van der Waals surface area contributed by atoms with Crippen LogP contribution < -0.4 is 5.73 Å². The van der Waals surface area contributed by atoms with E-state index in [2.05, 4.69) is 22.6 Å². The predicted molar refractivity (Wildman–Crippen MR) is 54.3 cm³/mol. The highest BCUT2D eigenvalue weighted by Gasteiger charge is 1.96. The number of nitrogen functional groups attached to an aromatic ring is 1. The molecule has 0 heterocycles. The van der Waals surface area contributed by atoms with Gasteiger partial charge in [0, 0.05) is 16.4 Å². The first-order chi connectivity index (χ1) is 5.24. The summed E-state index contributed by atoms with van der Waals surface area (Å²) in [6.45, 7) is 0.649. The summed E-state index contributed by atoms with van der Waals surface area (Å²) >= 11 is 2.21. The molecule has 11 heavy (non-hydrogen) atoms. The molecule has 0 unspecified atom stereocenters. The van der Waals surface area contributed by atoms with Crippen LogP contribution in [-0.4, -0.2) is 7.11 Å². The lowest BCUT2D eigenvalue weighted by atomic mass is 10.2. The monoisotopic (exact) mass is 263 g/mol. The lowest BCUT2D eigenvalue weighted by Crippen LogP contribution is -1.92. The summed E-state index contributed by atoms with van der Waals surface area (Å²) in [4.78, 5) is 0. The van der Waals surface area contributed by atoms with Crippen molar-refractivity contribution in [1.29, 1.82) is 0 Å². The van der Waals surface area contributed by atoms with E-state index in [9.17, 15) is 0 Å². The first-order valence-electron chi connectivity index (χ1n) is 3.27. The van der Waals surface area contributed by atoms with Gasteiger partial charge < -0.3 is 10.5 Å². The van der Waals surface area contributed by atoms with Gasteiger partial charge in [-0.3, -0.25) is 0 Å². The Bertz CT molecular complexity index is 250. The lowest BCUT2D eigenvalue weighted by molar-refractivity contribution is 0.185. The Hall–Kier alpha value is -0.290. The normalized spacial score (nSPS) is 10.0. The molecule has 1 aromatic rings. The number of nitrogens with two attached hydrogens (primary N) is 1. The summed E-state index contributed by atoms with van der Waals surface area (Å²) in [5.41, 5.74) is 7.62. The van der Waals surface area contributed by atoms with Gasteiger partial charge >= 0.3 is 0 Å². The molecule has 0 amide bonds. The van der Waals surface area contributed by atoms with Gasteiger partial charge in [0.15, 0.2) is 0 Å². The molecule has 0 spiro atoms. The van der Waals surface area contributed by atoms with Crippen LogP contribution in [0.25, 0.3) is 0 Å². The molecular formula is C8H10INO. The number of halogens is 1. The molecule has 1 aromatic carbocycles. The average Bonchev–Trinajstić information content (AvgIpc) is 1.98. The van der Waals surface area contributed by atoms with E-state index in [1.807, 2.05) is 18.2 Å². The second-order valence-electron chi connectivity index (χ2n) is 2.29. The molecule has 0 aromatic heterocycles. The molecule has 0 aliphatic rings. The van der Waals surface area contributed by atoms with Gasteiger partial charge in [0.25, 0.3) is 0 Å². The zero-order valence-electron chi connectivity index (χ0n) is 6.30. The smallest absolute Gasteiger partial charge is 0.0713 e. The van der Waals surface area contributed by atoms with Crippen molar-refractivity contribution in [1.82, 2.24) is 0 Å². The number of ether oxygens (including phenoxy) is 1. The highest BCUT2D eigenvalue weighted by atomic mass is 127. The maximum atomic E-state index is 5.64. The van der Waals surface area contributed by atoms with Gasteiger partial charge in [-0.25, -0.2) is 0 Å². The third-order valence-electron chi connectivity index (χ3n) is 1.38. The van der Waals surface area contributed by atoms with Crippen molar-refractivity contribution in [2.24, 2.45) is 0 Å². The number of anilines is 1. The first kappa shape index (κ1) is 8.80. The Labute approximate surface area is 79.9 Å². The highest BCUT2D eigenvalue weighted by Crippen LogP contribution is 2.16. The zero-order valence-corrected chi connectivity index (χ0v) is 8.46. The Morgan fingerprint density at radius 3 is 2.82 bits per heavy atom. The standard InChI is InChI=1S/C8H10INO/c1-11-5-6-2-3-8(10)7(9)4-6/h2-4H,5,10H2,1H3. The molecule has 0 aliphatic heterocycles. The number of benzene rings is 1. The van der Waals surface area contributed by atoms with Crippen LogP contribution in [0.1, 0.15) is 5.56 Å². The molecule has 0 atom stereocenters. The summed E-state index contributed by atoms with van der Waals surface area (Å²) in [5.74, 6) is 0. The second-order valence-corrected chi connectivity index (χ2v) is 3.45. The molecule has 0 saturated heterocycles. The van der Waals surface area contributed by atoms with Crippen LogP contribution >= 0.6 is 22.6 Å². The Morgan fingerprint density at radius 1 is 1.55 bits per heavy atom. The molecule has 0 radical (unpaired) electrons. The summed E-state index contributed by atoms with van der Waals surface area (Å²) < 4.78 is 6.06. The number of rotatable bonds is 2. The molecule has 1 rings (SSSR count). The second kappa shape index (κ2) is 3.92. The minimum atomic E-state index is 0.649. The summed E-state index contributed by atoms with van der Waals surface area (Å²) in [6.07, 6.45) is 0. The van der Waals surface area contributed by atoms with Crippen molar-refractivity contribution in [3.05, 3.63) is 27.3 Å². The fraction of sp³-hybridized carbons (Fsp3) is 0.250. The largest absolute Gasteiger partial charge is 0.398 e. The van der Waals surface area contributed by atoms with Crippen LogP contribution in [0.4, 0.5) is 5.69 Å². The van der Waals surface area contributed by atoms with Crippen LogP contribution in [0.15, 0.2) is 18.2 Å². The molecule has 0 aliphatic carbocycles. The van der Waals surface area contributed by atoms with Crippen LogP contribution in [0.2, 0.25) is 0 Å². The van der Waals surface area contributed by atoms with Gasteiger partial charge in [-0.1, -0.05) is 6.07 Å². The maximum absolute atomic E-state index is 5.64. The quantitative estimate of drug-likeness (QED) is 0.654. The lowest BCUT2D eigenvalue weighted by Gasteiger charge is -2.01. The first-order valence-corrected chi connectivity index (χ1v) is 4.34. The summed E-state index contributed by atoms with van der Waals surface area (Å²) in [7, 11) is 1.68. The molecule has 2 nitrogen and oxygen atoms in total. The minimum Gasteiger partial charge on any atom is -0.398 e. The van der Waals surface area contributed by atoms with Crippen molar-refractivity contribution in [2.45, 2.75) is 6.61 Å². The molecule has 0 bridgehead atoms. The average molecular weight is 263 g/mol. The van der Waals surface area contributed by atoms with Gasteiger partial charge in [-0.05, 0) is 40.3 Å². The zero-order chi connectivity index (χ0) is 8.27. The fourth-order valence-electron chi connectivity index (χ4n) is 0.827. The van der Waals surface area contributed by atoms with E-state index >= 15 is 0 Å². The maximum Gasteiger partial charge on any atom is 0.0713 e. The number of hydrogen-bond donors (Lipinski definition) is 1. The van der Waals surface area contributed by atoms with E-state index in [0.29, 0.717) is 6.61 Å². The van der Waals surface area contributed by atoms with Gasteiger partial charge in [0.05, 0.1) is 6.61 Å². The molecular weight excluding hydrogens is 253 g/mol. The third kappa shape index (κ3) is 2.34. The number of methoxy groups -OCH3 is 1. The fourth-order valence-corrected chi connectivity index (χ4v) is 1.41. The Kier molecular flexibility index (Phi) is 3.14. The number of hydrogen-bond acceptors (Lipinski definition) is 2. The van der Waals surface area contributed by atoms with Gasteiger partial charge in [-0.2, -0.15) is 0 Å². The van der Waals surface area contributed by atoms with E-state index in [-0.39, 0.29) is 0 Å². The highest BCUT2D eigenvalue weighted by molar-refractivity contribution is 14.1. The van der Waals surface area contributed by atoms with Crippen molar-refractivity contribution >= 4 is 28.3 Å². The van der Waals surface area contributed by atoms with Gasteiger partial charge in [0.2, 0.25) is 0 Å². The van der Waals surface area contributed by atoms with Crippen molar-refractivity contribution in [3.8, 4) is 0 Å². The van der Waals surface area contributed by atoms with Crippen molar-refractivity contribution in [2.75, 3.05) is 12.8 Å². The van der Waals surface area contributed by atoms with E-state index in [1.165, 1.54) is 0 Å². The predicted octanol–water partition coefficient (Wildman–Crippen LogP) is 2.02. The summed E-state index contributed by atoms with van der Waals surface area (Å²) in [6, 6.07) is 5.90. The van der Waals surface area contributed by atoms with E-state index in [4.69, 9.17) is 10.5 Å². The molecule has 2 N–H and O–H groups in total. The molecule has 0 saturated carbocycles.